The molecule has 0 unspecified atom stereocenters. The van der Waals surface area contributed by atoms with Gasteiger partial charge in [-0.25, -0.2) is 18.1 Å². The molecule has 3 aromatic carbocycles. The topological polar surface area (TPSA) is 118 Å². The normalized spacial score (nSPS) is 11.4. The third-order valence-electron chi connectivity index (χ3n) is 8.68. The van der Waals surface area contributed by atoms with E-state index in [1.54, 1.807) is 7.11 Å². The summed E-state index contributed by atoms with van der Waals surface area (Å²) in [5, 5.41) is 8.26. The van der Waals surface area contributed by atoms with Gasteiger partial charge in [-0.2, -0.15) is 0 Å². The molecule has 0 radical (unpaired) electrons. The fraction of sp³-hybridized carbons (Fsp3) is 0.256. The molecule has 3 heterocycles. The van der Waals surface area contributed by atoms with Crippen LogP contribution in [0.5, 0.6) is 5.88 Å². The lowest BCUT2D eigenvalue weighted by molar-refractivity contribution is -0.121. The molecule has 6 aromatic rings. The number of carbonyl (C=O) groups is 1. The molecule has 0 aliphatic heterocycles. The van der Waals surface area contributed by atoms with Crippen molar-refractivity contribution in [3.63, 3.8) is 0 Å². The maximum atomic E-state index is 15.2. The first-order valence-electron chi connectivity index (χ1n) is 16.7. The maximum Gasteiger partial charge on any atom is 0.338 e. The van der Waals surface area contributed by atoms with Gasteiger partial charge in [-0.15, -0.1) is 21.5 Å². The van der Waals surface area contributed by atoms with E-state index in [-0.39, 0.29) is 52.8 Å². The summed E-state index contributed by atoms with van der Waals surface area (Å²) in [5.74, 6) is -1.68. The minimum absolute atomic E-state index is 0.00802. The average molecular weight is 742 g/mol. The Morgan fingerprint density at radius 2 is 1.55 bits per heavy atom. The fourth-order valence-corrected chi connectivity index (χ4v) is 7.39. The molecule has 0 aliphatic rings. The molecule has 6 rings (SSSR count). The standard InChI is InChI=1S/C39H37F2N5O6S/c1-50-19-18-44(21-26-8-5-4-6-9-26)22-30-35-37(48)46(33-16-17-34(52-3)43-42-33)39(49)45(23-29-31(40)10-7-11-32(29)41)38(35)53-36(30)27-14-12-25(13-15-27)20-28(47)24-51-2/h4-17H,18-24H2,1-3H3. The summed E-state index contributed by atoms with van der Waals surface area (Å²) in [4.78, 5) is 44.4. The molecule has 0 amide bonds. The number of carbonyl (C=O) groups excluding carboxylic acids is 1. The fourth-order valence-electron chi connectivity index (χ4n) is 6.09. The molecular weight excluding hydrogens is 705 g/mol. The summed E-state index contributed by atoms with van der Waals surface area (Å²) in [6.45, 7) is 1.15. The number of ketones is 1. The molecule has 274 valence electrons. The van der Waals surface area contributed by atoms with Crippen molar-refractivity contribution in [3.05, 3.63) is 140 Å². The van der Waals surface area contributed by atoms with Crippen molar-refractivity contribution >= 4 is 27.3 Å². The highest BCUT2D eigenvalue weighted by atomic mass is 32.1. The molecule has 0 saturated carbocycles. The molecule has 0 bridgehead atoms. The van der Waals surface area contributed by atoms with Gasteiger partial charge in [-0.1, -0.05) is 60.7 Å². The summed E-state index contributed by atoms with van der Waals surface area (Å²) >= 11 is 1.18. The van der Waals surface area contributed by atoms with Crippen LogP contribution in [0.2, 0.25) is 0 Å². The Labute approximate surface area is 307 Å². The van der Waals surface area contributed by atoms with Crippen molar-refractivity contribution in [1.29, 1.82) is 0 Å². The van der Waals surface area contributed by atoms with Crippen LogP contribution in [0.3, 0.4) is 0 Å². The number of Topliss-reactive ketones (excluding diaryl/α,β-unsaturated/α-hetero) is 1. The van der Waals surface area contributed by atoms with Crippen LogP contribution in [0.15, 0.2) is 94.5 Å². The van der Waals surface area contributed by atoms with Crippen LogP contribution in [-0.4, -0.2) is 71.1 Å². The van der Waals surface area contributed by atoms with Gasteiger partial charge in [0.05, 0.1) is 25.6 Å². The molecule has 0 N–H and O–H groups in total. The van der Waals surface area contributed by atoms with E-state index >= 15 is 8.78 Å². The lowest BCUT2D eigenvalue weighted by atomic mass is 10.0. The monoisotopic (exact) mass is 741 g/mol. The van der Waals surface area contributed by atoms with Gasteiger partial charge in [0.1, 0.15) is 23.1 Å². The van der Waals surface area contributed by atoms with E-state index in [0.29, 0.717) is 30.1 Å². The lowest BCUT2D eigenvalue weighted by Gasteiger charge is -2.23. The molecule has 0 atom stereocenters. The summed E-state index contributed by atoms with van der Waals surface area (Å²) in [7, 11) is 4.49. The zero-order valence-electron chi connectivity index (χ0n) is 29.4. The third kappa shape index (κ3) is 8.31. The second kappa shape index (κ2) is 16.9. The van der Waals surface area contributed by atoms with Gasteiger partial charge < -0.3 is 14.2 Å². The lowest BCUT2D eigenvalue weighted by Crippen LogP contribution is -2.40. The van der Waals surface area contributed by atoms with E-state index in [2.05, 4.69) is 15.1 Å². The van der Waals surface area contributed by atoms with Gasteiger partial charge in [0.2, 0.25) is 5.88 Å². The van der Waals surface area contributed by atoms with Gasteiger partial charge >= 0.3 is 5.69 Å². The highest BCUT2D eigenvalue weighted by Crippen LogP contribution is 2.38. The first kappa shape index (κ1) is 37.4. The largest absolute Gasteiger partial charge is 0.480 e. The number of hydrogen-bond acceptors (Lipinski definition) is 10. The van der Waals surface area contributed by atoms with Crippen LogP contribution < -0.4 is 16.0 Å². The van der Waals surface area contributed by atoms with Crippen molar-refractivity contribution in [2.45, 2.75) is 26.1 Å². The summed E-state index contributed by atoms with van der Waals surface area (Å²) in [6.07, 6.45) is 0.177. The quantitative estimate of drug-likeness (QED) is 0.128. The number of thiophene rings is 1. The Bertz CT molecular complexity index is 2310. The van der Waals surface area contributed by atoms with Gasteiger partial charge in [0.15, 0.2) is 11.6 Å². The van der Waals surface area contributed by atoms with Crippen LogP contribution in [-0.2, 0) is 40.3 Å². The zero-order chi connectivity index (χ0) is 37.5. The Hall–Kier alpha value is -5.41. The van der Waals surface area contributed by atoms with Crippen LogP contribution in [0.25, 0.3) is 26.5 Å². The van der Waals surface area contributed by atoms with E-state index in [9.17, 15) is 14.4 Å². The Morgan fingerprint density at radius 1 is 0.811 bits per heavy atom. The molecule has 0 spiro atoms. The van der Waals surface area contributed by atoms with Crippen molar-refractivity contribution in [1.82, 2.24) is 24.2 Å². The van der Waals surface area contributed by atoms with E-state index < -0.39 is 29.4 Å². The Kier molecular flexibility index (Phi) is 11.9. The van der Waals surface area contributed by atoms with E-state index in [0.717, 1.165) is 33.4 Å². The Balaban J connectivity index is 1.62. The number of aromatic nitrogens is 4. The van der Waals surface area contributed by atoms with E-state index in [4.69, 9.17) is 14.2 Å². The van der Waals surface area contributed by atoms with Crippen molar-refractivity contribution in [2.75, 3.05) is 41.1 Å². The predicted molar refractivity (Wildman–Crippen MR) is 198 cm³/mol. The van der Waals surface area contributed by atoms with Gasteiger partial charge in [-0.3, -0.25) is 19.1 Å². The van der Waals surface area contributed by atoms with Crippen LogP contribution >= 0.6 is 11.3 Å². The maximum absolute atomic E-state index is 15.2. The highest BCUT2D eigenvalue weighted by Gasteiger charge is 2.27. The molecule has 0 fully saturated rings. The second-order valence-electron chi connectivity index (χ2n) is 12.3. The van der Waals surface area contributed by atoms with Gasteiger partial charge in [0.25, 0.3) is 5.56 Å². The Morgan fingerprint density at radius 3 is 2.19 bits per heavy atom. The predicted octanol–water partition coefficient (Wildman–Crippen LogP) is 5.41. The minimum atomic E-state index is -0.850. The third-order valence-corrected chi connectivity index (χ3v) is 9.98. The SMILES string of the molecule is COCCN(Cc1ccccc1)Cc1c(-c2ccc(CC(=O)COC)cc2)sc2c1c(=O)n(-c1ccc(OC)nn1)c(=O)n2Cc1c(F)cccc1F. The number of hydrogen-bond donors (Lipinski definition) is 0. The number of ether oxygens (including phenoxy) is 3. The molecule has 3 aromatic heterocycles. The minimum Gasteiger partial charge on any atom is -0.480 e. The van der Waals surface area contributed by atoms with Crippen molar-refractivity contribution in [2.24, 2.45) is 0 Å². The summed E-state index contributed by atoms with van der Waals surface area (Å²) in [6, 6.07) is 23.6. The number of benzene rings is 3. The van der Waals surface area contributed by atoms with Gasteiger partial charge in [0, 0.05) is 56.8 Å². The summed E-state index contributed by atoms with van der Waals surface area (Å²) < 4.78 is 48.0. The average Bonchev–Trinajstić information content (AvgIpc) is 3.53. The molecular formula is C39H37F2N5O6S. The number of halogens is 2. The number of nitrogens with zero attached hydrogens (tertiary/aromatic N) is 5. The number of methoxy groups -OCH3 is 3. The molecule has 0 saturated heterocycles. The number of rotatable bonds is 16. The van der Waals surface area contributed by atoms with Crippen molar-refractivity contribution < 1.29 is 27.8 Å². The highest BCUT2D eigenvalue weighted by molar-refractivity contribution is 7.22. The molecule has 0 aliphatic carbocycles. The molecule has 14 heteroatoms. The first-order chi connectivity index (χ1) is 25.7. The first-order valence-corrected chi connectivity index (χ1v) is 17.5. The van der Waals surface area contributed by atoms with Crippen LogP contribution in [0.1, 0.15) is 22.3 Å². The van der Waals surface area contributed by atoms with Crippen LogP contribution in [0, 0.1) is 11.6 Å². The van der Waals surface area contributed by atoms with Crippen molar-refractivity contribution in [3.8, 4) is 22.1 Å². The second-order valence-corrected chi connectivity index (χ2v) is 13.3. The molecule has 53 heavy (non-hydrogen) atoms. The van der Waals surface area contributed by atoms with Gasteiger partial charge in [-0.05, 0) is 40.5 Å². The molecule has 11 nitrogen and oxygen atoms in total. The zero-order valence-corrected chi connectivity index (χ0v) is 30.2. The van der Waals surface area contributed by atoms with E-state index in [1.165, 1.54) is 48.3 Å². The van der Waals surface area contributed by atoms with Crippen LogP contribution in [0.4, 0.5) is 8.78 Å². The van der Waals surface area contributed by atoms with E-state index in [1.807, 2.05) is 54.6 Å². The smallest absolute Gasteiger partial charge is 0.338 e. The summed E-state index contributed by atoms with van der Waals surface area (Å²) in [5.41, 5.74) is 1.28. The number of fused-ring (bicyclic) bond motifs is 1.